The first kappa shape index (κ1) is 18.8. The summed E-state index contributed by atoms with van der Waals surface area (Å²) in [6.45, 7) is 6.77. The number of guanidine groups is 1. The van der Waals surface area contributed by atoms with Gasteiger partial charge in [-0.1, -0.05) is 25.1 Å². The Kier molecular flexibility index (Phi) is 8.70. The second kappa shape index (κ2) is 11.1. The first-order chi connectivity index (χ1) is 11.8. The van der Waals surface area contributed by atoms with Gasteiger partial charge in [-0.15, -0.1) is 23.1 Å². The van der Waals surface area contributed by atoms with Crippen LogP contribution in [0, 0.1) is 0 Å². The van der Waals surface area contributed by atoms with Crippen molar-refractivity contribution in [2.45, 2.75) is 31.6 Å². The van der Waals surface area contributed by atoms with Crippen LogP contribution in [-0.2, 0) is 12.8 Å². The van der Waals surface area contributed by atoms with Crippen LogP contribution in [0.25, 0.3) is 0 Å². The first-order valence-corrected chi connectivity index (χ1v) is 10.3. The normalized spacial score (nSPS) is 11.5. The van der Waals surface area contributed by atoms with Gasteiger partial charge in [-0.05, 0) is 25.5 Å². The van der Waals surface area contributed by atoms with Crippen LogP contribution in [-0.4, -0.2) is 36.3 Å². The number of benzene rings is 1. The lowest BCUT2D eigenvalue weighted by Gasteiger charge is -2.11. The fourth-order valence-electron chi connectivity index (χ4n) is 2.09. The van der Waals surface area contributed by atoms with Crippen molar-refractivity contribution in [2.75, 3.05) is 25.4 Å². The summed E-state index contributed by atoms with van der Waals surface area (Å²) < 4.78 is 0. The molecule has 2 aromatic rings. The van der Waals surface area contributed by atoms with Gasteiger partial charge in [-0.3, -0.25) is 4.99 Å². The van der Waals surface area contributed by atoms with E-state index in [9.17, 15) is 0 Å². The molecule has 0 aliphatic carbocycles. The summed E-state index contributed by atoms with van der Waals surface area (Å²) in [5.74, 6) is 1.90. The molecule has 130 valence electrons. The molecule has 2 N–H and O–H groups in total. The molecule has 1 aromatic carbocycles. The number of hydrogen-bond donors (Lipinski definition) is 2. The van der Waals surface area contributed by atoms with Crippen LogP contribution in [0.1, 0.15) is 23.7 Å². The lowest BCUT2D eigenvalue weighted by atomic mass is 10.4. The van der Waals surface area contributed by atoms with Crippen molar-refractivity contribution in [1.82, 2.24) is 15.6 Å². The standard InChI is InChI=1S/C18H26N4S2/c1-3-15-14-22-17(24-15)10-11-20-18(19-4-2)21-12-13-23-16-8-6-5-7-9-16/h5-9,14H,3-4,10-13H2,1-2H3,(H2,19,20,21). The van der Waals surface area contributed by atoms with Crippen LogP contribution in [0.15, 0.2) is 46.4 Å². The van der Waals surface area contributed by atoms with Crippen molar-refractivity contribution in [3.05, 3.63) is 46.4 Å². The minimum atomic E-state index is 0.762. The van der Waals surface area contributed by atoms with Gasteiger partial charge in [0, 0.05) is 47.8 Å². The average Bonchev–Trinajstić information content (AvgIpc) is 3.07. The number of aryl methyl sites for hydroxylation is 1. The Labute approximate surface area is 153 Å². The highest BCUT2D eigenvalue weighted by atomic mass is 32.2. The van der Waals surface area contributed by atoms with E-state index in [1.54, 1.807) is 11.3 Å². The van der Waals surface area contributed by atoms with Gasteiger partial charge in [-0.2, -0.15) is 0 Å². The third-order valence-corrected chi connectivity index (χ3v) is 5.51. The Balaban J connectivity index is 1.71. The zero-order valence-corrected chi connectivity index (χ0v) is 16.1. The van der Waals surface area contributed by atoms with Crippen molar-refractivity contribution >= 4 is 29.1 Å². The quantitative estimate of drug-likeness (QED) is 0.310. The predicted molar refractivity (Wildman–Crippen MR) is 106 cm³/mol. The van der Waals surface area contributed by atoms with Crippen molar-refractivity contribution in [3.8, 4) is 0 Å². The summed E-state index contributed by atoms with van der Waals surface area (Å²) in [5, 5.41) is 7.86. The molecule has 0 amide bonds. The summed E-state index contributed by atoms with van der Waals surface area (Å²) in [6.07, 6.45) is 3.94. The molecule has 4 nitrogen and oxygen atoms in total. The van der Waals surface area contributed by atoms with Gasteiger partial charge in [-0.25, -0.2) is 4.98 Å². The molecule has 0 aliphatic rings. The van der Waals surface area contributed by atoms with Crippen molar-refractivity contribution in [2.24, 2.45) is 4.99 Å². The lowest BCUT2D eigenvalue weighted by molar-refractivity contribution is 0.835. The molecule has 1 heterocycles. The number of aliphatic imine (C=N–C) groups is 1. The van der Waals surface area contributed by atoms with Gasteiger partial charge < -0.3 is 10.6 Å². The van der Waals surface area contributed by atoms with Gasteiger partial charge in [0.05, 0.1) is 5.01 Å². The number of nitrogens with zero attached hydrogens (tertiary/aromatic N) is 2. The average molecular weight is 363 g/mol. The Hall–Kier alpha value is -1.53. The first-order valence-electron chi connectivity index (χ1n) is 8.45. The molecule has 0 radical (unpaired) electrons. The molecule has 0 unspecified atom stereocenters. The molecule has 1 aromatic heterocycles. The van der Waals surface area contributed by atoms with Gasteiger partial charge >= 0.3 is 0 Å². The van der Waals surface area contributed by atoms with E-state index >= 15 is 0 Å². The maximum absolute atomic E-state index is 4.64. The highest BCUT2D eigenvalue weighted by Gasteiger charge is 2.01. The van der Waals surface area contributed by atoms with E-state index in [0.717, 1.165) is 44.2 Å². The molecule has 0 spiro atoms. The van der Waals surface area contributed by atoms with Crippen LogP contribution in [0.5, 0.6) is 0 Å². The van der Waals surface area contributed by atoms with E-state index in [4.69, 9.17) is 0 Å². The fourth-order valence-corrected chi connectivity index (χ4v) is 3.73. The maximum atomic E-state index is 4.64. The van der Waals surface area contributed by atoms with E-state index in [2.05, 4.69) is 58.7 Å². The van der Waals surface area contributed by atoms with Gasteiger partial charge in [0.2, 0.25) is 0 Å². The number of rotatable bonds is 9. The molecule has 0 saturated heterocycles. The summed E-state index contributed by atoms with van der Waals surface area (Å²) in [7, 11) is 0. The van der Waals surface area contributed by atoms with Gasteiger partial charge in [0.25, 0.3) is 0 Å². The topological polar surface area (TPSA) is 49.3 Å². The number of aromatic nitrogens is 1. The van der Waals surface area contributed by atoms with Crippen molar-refractivity contribution in [3.63, 3.8) is 0 Å². The van der Waals surface area contributed by atoms with Crippen LogP contribution in [0.2, 0.25) is 0 Å². The Morgan fingerprint density at radius 2 is 2.04 bits per heavy atom. The highest BCUT2D eigenvalue weighted by molar-refractivity contribution is 7.99. The summed E-state index contributed by atoms with van der Waals surface area (Å²) in [4.78, 5) is 11.7. The Morgan fingerprint density at radius 3 is 2.75 bits per heavy atom. The zero-order valence-electron chi connectivity index (χ0n) is 14.4. The molecule has 0 aliphatic heterocycles. The molecule has 24 heavy (non-hydrogen) atoms. The third-order valence-electron chi connectivity index (χ3n) is 3.30. The molecule has 0 atom stereocenters. The molecule has 6 heteroatoms. The van der Waals surface area contributed by atoms with E-state index in [-0.39, 0.29) is 0 Å². The summed E-state index contributed by atoms with van der Waals surface area (Å²) in [6, 6.07) is 10.5. The van der Waals surface area contributed by atoms with Crippen LogP contribution in [0.3, 0.4) is 0 Å². The smallest absolute Gasteiger partial charge is 0.191 e. The van der Waals surface area contributed by atoms with E-state index in [0.29, 0.717) is 0 Å². The second-order valence-corrected chi connectivity index (χ2v) is 7.54. The van der Waals surface area contributed by atoms with Gasteiger partial charge in [0.1, 0.15) is 0 Å². The maximum Gasteiger partial charge on any atom is 0.191 e. The Bertz CT molecular complexity index is 610. The van der Waals surface area contributed by atoms with Gasteiger partial charge in [0.15, 0.2) is 5.96 Å². The molecule has 0 bridgehead atoms. The van der Waals surface area contributed by atoms with E-state index in [1.807, 2.05) is 24.0 Å². The predicted octanol–water partition coefficient (Wildman–Crippen LogP) is 3.60. The molecular formula is C18H26N4S2. The monoisotopic (exact) mass is 362 g/mol. The van der Waals surface area contributed by atoms with Crippen LogP contribution >= 0.6 is 23.1 Å². The van der Waals surface area contributed by atoms with Crippen molar-refractivity contribution in [1.29, 1.82) is 0 Å². The summed E-state index contributed by atoms with van der Waals surface area (Å²) >= 11 is 3.65. The number of nitrogens with one attached hydrogen (secondary N) is 2. The number of hydrogen-bond acceptors (Lipinski definition) is 4. The van der Waals surface area contributed by atoms with Crippen molar-refractivity contribution < 1.29 is 0 Å². The fraction of sp³-hybridized carbons (Fsp3) is 0.444. The van der Waals surface area contributed by atoms with E-state index in [1.165, 1.54) is 14.8 Å². The number of thioether (sulfide) groups is 1. The third kappa shape index (κ3) is 6.93. The lowest BCUT2D eigenvalue weighted by Crippen LogP contribution is -2.38. The SMILES string of the molecule is CCNC(=NCCc1ncc(CC)s1)NCCSc1ccccc1. The summed E-state index contributed by atoms with van der Waals surface area (Å²) in [5.41, 5.74) is 0. The zero-order chi connectivity index (χ0) is 17.0. The highest BCUT2D eigenvalue weighted by Crippen LogP contribution is 2.15. The minimum Gasteiger partial charge on any atom is -0.357 e. The Morgan fingerprint density at radius 1 is 1.21 bits per heavy atom. The van der Waals surface area contributed by atoms with E-state index < -0.39 is 0 Å². The minimum absolute atomic E-state index is 0.762. The van der Waals surface area contributed by atoms with Crippen LogP contribution in [0.4, 0.5) is 0 Å². The molecule has 0 fully saturated rings. The molecule has 2 rings (SSSR count). The van der Waals surface area contributed by atoms with Crippen LogP contribution < -0.4 is 10.6 Å². The molecular weight excluding hydrogens is 336 g/mol. The second-order valence-electron chi connectivity index (χ2n) is 5.17. The molecule has 0 saturated carbocycles. The largest absolute Gasteiger partial charge is 0.357 e. The number of thiazole rings is 1.